The van der Waals surface area contributed by atoms with Gasteiger partial charge in [-0.05, 0) is 48.7 Å². The van der Waals surface area contributed by atoms with Crippen molar-refractivity contribution in [2.45, 2.75) is 91.0 Å². The van der Waals surface area contributed by atoms with E-state index in [0.717, 1.165) is 83.8 Å². The first-order valence-corrected chi connectivity index (χ1v) is 16.5. The van der Waals surface area contributed by atoms with E-state index < -0.39 is 11.4 Å². The summed E-state index contributed by atoms with van der Waals surface area (Å²) in [7, 11) is 0. The van der Waals surface area contributed by atoms with Crippen molar-refractivity contribution in [1.82, 2.24) is 0 Å². The van der Waals surface area contributed by atoms with Gasteiger partial charge in [0.25, 0.3) is 5.01 Å². The number of unbranched alkanes of at least 4 members (excludes halogenated alkanes) is 6. The van der Waals surface area contributed by atoms with Crippen LogP contribution in [0.15, 0.2) is 71.1 Å². The number of hydrogen-bond donors (Lipinski definition) is 2. The zero-order chi connectivity index (χ0) is 30.7. The third kappa shape index (κ3) is 5.92. The molecule has 3 aromatic rings. The summed E-state index contributed by atoms with van der Waals surface area (Å²) < 4.78 is 3.43. The first-order valence-electron chi connectivity index (χ1n) is 15.7. The Hall–Kier alpha value is -3.71. The van der Waals surface area contributed by atoms with E-state index in [1.54, 1.807) is 23.5 Å². The number of Topliss-reactive ketones (excluding diaryl/α,β-unsaturated/α-hetero) is 1. The van der Waals surface area contributed by atoms with Gasteiger partial charge in [-0.15, -0.1) is 0 Å². The van der Waals surface area contributed by atoms with E-state index in [0.29, 0.717) is 11.1 Å². The molecule has 6 nitrogen and oxygen atoms in total. The van der Waals surface area contributed by atoms with Gasteiger partial charge in [-0.25, -0.2) is 4.79 Å². The Morgan fingerprint density at radius 3 is 2.40 bits per heavy atom. The Morgan fingerprint density at radius 1 is 0.977 bits per heavy atom. The molecule has 1 aliphatic heterocycles. The molecule has 43 heavy (non-hydrogen) atoms. The Labute approximate surface area is 258 Å². The van der Waals surface area contributed by atoms with Gasteiger partial charge in [-0.1, -0.05) is 83.3 Å². The van der Waals surface area contributed by atoms with Crippen LogP contribution in [0.3, 0.4) is 0 Å². The third-order valence-corrected chi connectivity index (χ3v) is 9.91. The zero-order valence-electron chi connectivity index (χ0n) is 25.8. The number of aromatic nitrogens is 1. The lowest BCUT2D eigenvalue weighted by Crippen LogP contribution is -2.35. The van der Waals surface area contributed by atoms with Crippen molar-refractivity contribution in [2.24, 2.45) is 0 Å². The number of carboxylic acids is 1. The Balaban J connectivity index is 1.51. The molecule has 2 N–H and O–H groups in total. The largest absolute Gasteiger partial charge is 0.506 e. The number of carbonyl (C=O) groups is 2. The van der Waals surface area contributed by atoms with Crippen LogP contribution in [0.1, 0.15) is 100.0 Å². The standard InChI is InChI=1S/C36H42N2O4S/c1-5-7-9-13-19-37-28-18-17-24(35(41)42)21-27(28)36(3,4)31(37)22-25-33(39)26(34(25)40)23-32-38(20-14-10-8-6-2)29-15-11-12-16-30(29)43-32/h11-12,15-18,21-23H,5-10,13-14,19-20H2,1-4H3,(H-,39,40,41,42)/p+1. The number of aryl methyl sites for hydroxylation is 1. The number of aliphatic hydroxyl groups is 1. The summed E-state index contributed by atoms with van der Waals surface area (Å²) >= 11 is 1.64. The van der Waals surface area contributed by atoms with Gasteiger partial charge in [0.15, 0.2) is 6.54 Å². The smallest absolute Gasteiger partial charge is 0.335 e. The maximum absolute atomic E-state index is 13.6. The lowest BCUT2D eigenvalue weighted by atomic mass is 9.80. The number of allylic oxidation sites excluding steroid dienone is 4. The van der Waals surface area contributed by atoms with Crippen molar-refractivity contribution in [3.8, 4) is 0 Å². The number of rotatable bonds is 13. The third-order valence-electron chi connectivity index (χ3n) is 8.79. The fourth-order valence-corrected chi connectivity index (χ4v) is 7.40. The highest BCUT2D eigenvalue weighted by Crippen LogP contribution is 2.49. The molecule has 0 amide bonds. The number of nitrogens with zero attached hydrogens (tertiary/aromatic N) is 2. The van der Waals surface area contributed by atoms with Crippen molar-refractivity contribution in [2.75, 3.05) is 11.4 Å². The van der Waals surface area contributed by atoms with Crippen molar-refractivity contribution < 1.29 is 24.4 Å². The van der Waals surface area contributed by atoms with Crippen LogP contribution in [-0.2, 0) is 16.8 Å². The lowest BCUT2D eigenvalue weighted by Gasteiger charge is -2.29. The Kier molecular flexibility index (Phi) is 9.21. The number of anilines is 1. The van der Waals surface area contributed by atoms with E-state index in [4.69, 9.17) is 0 Å². The van der Waals surface area contributed by atoms with Crippen LogP contribution in [0.4, 0.5) is 5.69 Å². The van der Waals surface area contributed by atoms with Crippen LogP contribution in [0.25, 0.3) is 16.3 Å². The van der Waals surface area contributed by atoms with E-state index in [2.05, 4.69) is 49.3 Å². The second-order valence-electron chi connectivity index (χ2n) is 12.2. The van der Waals surface area contributed by atoms with Crippen molar-refractivity contribution in [3.05, 3.63) is 87.3 Å². The number of fused-ring (bicyclic) bond motifs is 2. The Bertz CT molecular complexity index is 1640. The van der Waals surface area contributed by atoms with Crippen LogP contribution in [0.2, 0.25) is 0 Å². The fourth-order valence-electron chi connectivity index (χ4n) is 6.26. The highest BCUT2D eigenvalue weighted by molar-refractivity contribution is 7.18. The predicted octanol–water partition coefficient (Wildman–Crippen LogP) is 8.51. The van der Waals surface area contributed by atoms with Gasteiger partial charge in [0, 0.05) is 41.9 Å². The van der Waals surface area contributed by atoms with E-state index in [1.165, 1.54) is 12.8 Å². The predicted molar refractivity (Wildman–Crippen MR) is 175 cm³/mol. The van der Waals surface area contributed by atoms with Gasteiger partial charge in [0.05, 0.1) is 16.7 Å². The van der Waals surface area contributed by atoms with Crippen LogP contribution in [-0.4, -0.2) is 28.5 Å². The second kappa shape index (κ2) is 12.9. The molecule has 0 unspecified atom stereocenters. The van der Waals surface area contributed by atoms with Gasteiger partial charge in [0.1, 0.15) is 10.5 Å². The molecule has 0 saturated carbocycles. The summed E-state index contributed by atoms with van der Waals surface area (Å²) in [6.45, 7) is 10.1. The molecular formula is C36H43N2O4S+. The first-order chi connectivity index (χ1) is 20.7. The van der Waals surface area contributed by atoms with Crippen LogP contribution in [0.5, 0.6) is 0 Å². The molecule has 0 saturated heterocycles. The molecule has 0 bridgehead atoms. The van der Waals surface area contributed by atoms with Crippen LogP contribution >= 0.6 is 11.3 Å². The summed E-state index contributed by atoms with van der Waals surface area (Å²) in [5.74, 6) is -1.10. The summed E-state index contributed by atoms with van der Waals surface area (Å²) in [6, 6.07) is 13.6. The molecule has 2 aliphatic rings. The summed E-state index contributed by atoms with van der Waals surface area (Å²) in [5, 5.41) is 21.9. The van der Waals surface area contributed by atoms with Gasteiger partial charge in [-0.3, -0.25) is 4.79 Å². The molecule has 7 heteroatoms. The van der Waals surface area contributed by atoms with Gasteiger partial charge in [0.2, 0.25) is 11.3 Å². The van der Waals surface area contributed by atoms with E-state index in [9.17, 15) is 19.8 Å². The quantitative estimate of drug-likeness (QED) is 0.117. The van der Waals surface area contributed by atoms with Crippen molar-refractivity contribution in [1.29, 1.82) is 0 Å². The topological polar surface area (TPSA) is 81.7 Å². The maximum atomic E-state index is 13.6. The van der Waals surface area contributed by atoms with E-state index in [1.807, 2.05) is 30.4 Å². The number of aromatic carboxylic acids is 1. The van der Waals surface area contributed by atoms with Crippen LogP contribution in [0, 0.1) is 0 Å². The Morgan fingerprint density at radius 2 is 1.70 bits per heavy atom. The molecule has 2 aromatic carbocycles. The second-order valence-corrected chi connectivity index (χ2v) is 13.2. The summed E-state index contributed by atoms with van der Waals surface area (Å²) in [5.41, 5.74) is 4.32. The molecule has 0 atom stereocenters. The zero-order valence-corrected chi connectivity index (χ0v) is 26.6. The van der Waals surface area contributed by atoms with E-state index >= 15 is 0 Å². The highest BCUT2D eigenvalue weighted by Gasteiger charge is 2.43. The van der Waals surface area contributed by atoms with E-state index in [-0.39, 0.29) is 17.1 Å². The molecule has 1 aromatic heterocycles. The van der Waals surface area contributed by atoms with Crippen molar-refractivity contribution in [3.63, 3.8) is 0 Å². The maximum Gasteiger partial charge on any atom is 0.335 e. The normalized spacial score (nSPS) is 17.8. The average molecular weight is 600 g/mol. The van der Waals surface area contributed by atoms with Gasteiger partial charge < -0.3 is 15.1 Å². The molecule has 5 rings (SSSR count). The summed E-state index contributed by atoms with van der Waals surface area (Å²) in [4.78, 5) is 27.6. The molecule has 0 spiro atoms. The molecule has 1 aliphatic carbocycles. The van der Waals surface area contributed by atoms with Crippen LogP contribution < -0.4 is 9.47 Å². The number of aliphatic hydroxyl groups excluding tert-OH is 1. The minimum absolute atomic E-state index is 0.0244. The number of para-hydroxylation sites is 1. The number of thiazole rings is 1. The molecule has 0 radical (unpaired) electrons. The highest BCUT2D eigenvalue weighted by atomic mass is 32.1. The number of ketones is 1. The first kappa shape index (κ1) is 30.7. The monoisotopic (exact) mass is 599 g/mol. The molecule has 2 heterocycles. The molecule has 226 valence electrons. The molecule has 0 fully saturated rings. The average Bonchev–Trinajstić information content (AvgIpc) is 3.45. The fraction of sp³-hybridized carbons (Fsp3) is 0.417. The number of hydrogen-bond acceptors (Lipinski definition) is 5. The van der Waals surface area contributed by atoms with Crippen molar-refractivity contribution >= 4 is 45.1 Å². The number of carbonyl (C=O) groups excluding carboxylic acids is 1. The SMILES string of the molecule is CCCCCCN1/C(=C/C2=C(O)C(=C\c3sc4ccccc4[n+]3CCCCCC)/C2=O)C(C)(C)c2cc(C(=O)O)ccc21. The van der Waals surface area contributed by atoms with Gasteiger partial charge >= 0.3 is 5.97 Å². The summed E-state index contributed by atoms with van der Waals surface area (Å²) in [6.07, 6.45) is 12.6. The minimum Gasteiger partial charge on any atom is -0.506 e. The lowest BCUT2D eigenvalue weighted by molar-refractivity contribution is -0.669. The van der Waals surface area contributed by atoms with Gasteiger partial charge in [-0.2, -0.15) is 4.57 Å². The number of carboxylic acid groups (broad SMARTS) is 1. The minimum atomic E-state index is -0.960. The molecular weight excluding hydrogens is 556 g/mol. The number of benzene rings is 2.